The van der Waals surface area contributed by atoms with Gasteiger partial charge in [-0.05, 0) is 59.7 Å². The van der Waals surface area contributed by atoms with Crippen LogP contribution < -0.4 is 29.3 Å². The van der Waals surface area contributed by atoms with Crippen molar-refractivity contribution in [3.63, 3.8) is 0 Å². The number of hydrogen-bond acceptors (Lipinski definition) is 9. The zero-order chi connectivity index (χ0) is 31.4. The molecule has 0 aliphatic carbocycles. The lowest BCUT2D eigenvalue weighted by molar-refractivity contribution is 0.0950. The van der Waals surface area contributed by atoms with Crippen LogP contribution in [0.5, 0.6) is 17.2 Å². The number of nitrogens with one attached hydrogen (secondary N) is 1. The number of anilines is 2. The zero-order valence-electron chi connectivity index (χ0n) is 26.2. The summed E-state index contributed by atoms with van der Waals surface area (Å²) in [6, 6.07) is 23.8. The quantitative estimate of drug-likeness (QED) is 0.176. The highest BCUT2D eigenvalue weighted by Crippen LogP contribution is 2.33. The van der Waals surface area contributed by atoms with E-state index in [0.717, 1.165) is 65.5 Å². The molecule has 10 heteroatoms. The average Bonchev–Trinajstić information content (AvgIpc) is 3.54. The van der Waals surface area contributed by atoms with Crippen LogP contribution in [0.4, 0.5) is 11.5 Å². The summed E-state index contributed by atoms with van der Waals surface area (Å²) < 4.78 is 16.1. The molecule has 4 aromatic rings. The molecule has 9 nitrogen and oxygen atoms in total. The molecule has 0 bridgehead atoms. The summed E-state index contributed by atoms with van der Waals surface area (Å²) >= 11 is 1.60. The van der Waals surface area contributed by atoms with Crippen molar-refractivity contribution in [2.45, 2.75) is 43.6 Å². The Morgan fingerprint density at radius 2 is 1.64 bits per heavy atom. The Morgan fingerprint density at radius 1 is 0.889 bits per heavy atom. The lowest BCUT2D eigenvalue weighted by atomic mass is 9.92. The molecule has 3 aromatic carbocycles. The lowest BCUT2D eigenvalue weighted by Gasteiger charge is -2.37. The van der Waals surface area contributed by atoms with E-state index in [-0.39, 0.29) is 18.1 Å². The highest BCUT2D eigenvalue weighted by molar-refractivity contribution is 7.98. The van der Waals surface area contributed by atoms with Gasteiger partial charge in [-0.1, -0.05) is 50.7 Å². The first-order valence-corrected chi connectivity index (χ1v) is 16.2. The van der Waals surface area contributed by atoms with Crippen LogP contribution in [-0.2, 0) is 17.7 Å². The Labute approximate surface area is 268 Å². The fourth-order valence-corrected chi connectivity index (χ4v) is 6.09. The topological polar surface area (TPSA) is 89.1 Å². The molecule has 0 radical (unpaired) electrons. The molecule has 45 heavy (non-hydrogen) atoms. The van der Waals surface area contributed by atoms with Crippen LogP contribution in [0.2, 0.25) is 0 Å². The zero-order valence-corrected chi connectivity index (χ0v) is 27.0. The second-order valence-electron chi connectivity index (χ2n) is 12.2. The predicted octanol–water partition coefficient (Wildman–Crippen LogP) is 6.06. The highest BCUT2D eigenvalue weighted by atomic mass is 32.2. The summed E-state index contributed by atoms with van der Waals surface area (Å²) in [5.41, 5.74) is 4.71. The van der Waals surface area contributed by atoms with E-state index in [9.17, 15) is 4.79 Å². The van der Waals surface area contributed by atoms with E-state index in [4.69, 9.17) is 24.2 Å². The fraction of sp³-hybridized carbons (Fsp3) is 0.343. The average molecular weight is 626 g/mol. The summed E-state index contributed by atoms with van der Waals surface area (Å²) in [5, 5.41) is 3.76. The standard InChI is InChI=1S/C35H39N5O4S/c1-35(2,3)31-20-32(40-16-14-39(15-17-40)27-9-11-28(42-4)12-10-27)38-34(37-31)45-22-25-6-5-7-26(18-25)33(41)36-21-24-8-13-29-30(19-24)44-23-43-29/h5-13,18-20H,14-17,21-23H2,1-4H3,(H,36,41). The molecular weight excluding hydrogens is 586 g/mol. The van der Waals surface area contributed by atoms with Gasteiger partial charge in [-0.3, -0.25) is 4.79 Å². The number of methoxy groups -OCH3 is 1. The molecule has 0 atom stereocenters. The van der Waals surface area contributed by atoms with Crippen LogP contribution in [0.1, 0.15) is 48.0 Å². The SMILES string of the molecule is COc1ccc(N2CCN(c3cc(C(C)(C)C)nc(SCc4cccc(C(=O)NCc5ccc6c(c5)OCO6)c4)n3)CC2)cc1. The molecule has 0 spiro atoms. The van der Waals surface area contributed by atoms with Gasteiger partial charge in [0.1, 0.15) is 11.6 Å². The third kappa shape index (κ3) is 7.45. The molecule has 1 saturated heterocycles. The molecule has 2 aliphatic heterocycles. The minimum atomic E-state index is -0.124. The summed E-state index contributed by atoms with van der Waals surface area (Å²) in [5.74, 6) is 3.79. The van der Waals surface area contributed by atoms with E-state index in [0.29, 0.717) is 23.6 Å². The van der Waals surface area contributed by atoms with E-state index in [1.807, 2.05) is 54.6 Å². The van der Waals surface area contributed by atoms with E-state index in [1.54, 1.807) is 18.9 Å². The van der Waals surface area contributed by atoms with Crippen LogP contribution in [0.25, 0.3) is 0 Å². The van der Waals surface area contributed by atoms with Crippen molar-refractivity contribution in [1.82, 2.24) is 15.3 Å². The number of carbonyl (C=O) groups excluding carboxylic acids is 1. The first-order chi connectivity index (χ1) is 21.7. The van der Waals surface area contributed by atoms with E-state index in [1.165, 1.54) is 5.69 Å². The Hall–Kier alpha value is -4.44. The van der Waals surface area contributed by atoms with Gasteiger partial charge in [0.2, 0.25) is 6.79 Å². The van der Waals surface area contributed by atoms with Gasteiger partial charge in [-0.15, -0.1) is 0 Å². The van der Waals surface area contributed by atoms with Gasteiger partial charge in [0, 0.05) is 61.2 Å². The van der Waals surface area contributed by atoms with Crippen molar-refractivity contribution in [3.05, 3.63) is 95.2 Å². The van der Waals surface area contributed by atoms with Gasteiger partial charge in [-0.25, -0.2) is 9.97 Å². The number of benzene rings is 3. The van der Waals surface area contributed by atoms with E-state index in [2.05, 4.69) is 54.1 Å². The van der Waals surface area contributed by atoms with Gasteiger partial charge in [0.15, 0.2) is 16.7 Å². The maximum absolute atomic E-state index is 13.0. The number of piperazine rings is 1. The third-order valence-corrected chi connectivity index (χ3v) is 8.87. The molecule has 1 amide bonds. The smallest absolute Gasteiger partial charge is 0.251 e. The molecule has 0 saturated carbocycles. The van der Waals surface area contributed by atoms with Gasteiger partial charge in [0.25, 0.3) is 5.91 Å². The van der Waals surface area contributed by atoms with Crippen molar-refractivity contribution < 1.29 is 19.0 Å². The number of aromatic nitrogens is 2. The van der Waals surface area contributed by atoms with Crippen LogP contribution in [-0.4, -0.2) is 56.0 Å². The summed E-state index contributed by atoms with van der Waals surface area (Å²) in [7, 11) is 1.69. The monoisotopic (exact) mass is 625 g/mol. The molecule has 1 fully saturated rings. The number of amides is 1. The Balaban J connectivity index is 1.09. The molecule has 1 N–H and O–H groups in total. The minimum Gasteiger partial charge on any atom is -0.497 e. The highest BCUT2D eigenvalue weighted by Gasteiger charge is 2.23. The Kier molecular flexibility index (Phi) is 9.02. The normalized spacial score (nSPS) is 14.4. The third-order valence-electron chi connectivity index (χ3n) is 7.95. The fourth-order valence-electron chi connectivity index (χ4n) is 5.30. The number of thioether (sulfide) groups is 1. The number of fused-ring (bicyclic) bond motifs is 1. The van der Waals surface area contributed by atoms with Crippen molar-refractivity contribution in [1.29, 1.82) is 0 Å². The maximum Gasteiger partial charge on any atom is 0.251 e. The van der Waals surface area contributed by atoms with E-state index < -0.39 is 0 Å². The second-order valence-corrected chi connectivity index (χ2v) is 13.1. The Morgan fingerprint density at radius 3 is 2.40 bits per heavy atom. The molecule has 0 unspecified atom stereocenters. The first-order valence-electron chi connectivity index (χ1n) is 15.2. The second kappa shape index (κ2) is 13.3. The summed E-state index contributed by atoms with van der Waals surface area (Å²) in [4.78, 5) is 27.7. The minimum absolute atomic E-state index is 0.117. The molecule has 2 aliphatic rings. The first kappa shape index (κ1) is 30.6. The number of ether oxygens (including phenoxy) is 3. The van der Waals surface area contributed by atoms with Crippen LogP contribution >= 0.6 is 11.8 Å². The molecule has 3 heterocycles. The van der Waals surface area contributed by atoms with Crippen molar-refractivity contribution in [3.8, 4) is 17.2 Å². The summed E-state index contributed by atoms with van der Waals surface area (Å²) in [6.45, 7) is 10.7. The molecule has 1 aromatic heterocycles. The molecule has 6 rings (SSSR count). The largest absolute Gasteiger partial charge is 0.497 e. The maximum atomic E-state index is 13.0. The number of nitrogens with zero attached hydrogens (tertiary/aromatic N) is 4. The van der Waals surface area contributed by atoms with Gasteiger partial charge in [-0.2, -0.15) is 0 Å². The van der Waals surface area contributed by atoms with Gasteiger partial charge >= 0.3 is 0 Å². The van der Waals surface area contributed by atoms with Crippen LogP contribution in [0.3, 0.4) is 0 Å². The van der Waals surface area contributed by atoms with E-state index >= 15 is 0 Å². The van der Waals surface area contributed by atoms with Crippen molar-refractivity contribution in [2.24, 2.45) is 0 Å². The van der Waals surface area contributed by atoms with Crippen molar-refractivity contribution >= 4 is 29.2 Å². The predicted molar refractivity (Wildman–Crippen MR) is 178 cm³/mol. The Bertz CT molecular complexity index is 1650. The summed E-state index contributed by atoms with van der Waals surface area (Å²) in [6.07, 6.45) is 0. The lowest BCUT2D eigenvalue weighted by Crippen LogP contribution is -2.47. The molecule has 234 valence electrons. The number of carbonyl (C=O) groups is 1. The van der Waals surface area contributed by atoms with Crippen LogP contribution in [0, 0.1) is 0 Å². The van der Waals surface area contributed by atoms with Gasteiger partial charge < -0.3 is 29.3 Å². The van der Waals surface area contributed by atoms with Gasteiger partial charge in [0.05, 0.1) is 12.8 Å². The van der Waals surface area contributed by atoms with Crippen molar-refractivity contribution in [2.75, 3.05) is 49.9 Å². The van der Waals surface area contributed by atoms with Crippen LogP contribution in [0.15, 0.2) is 78.0 Å². The molecular formula is C35H39N5O4S. The number of hydrogen-bond donors (Lipinski definition) is 1. The number of rotatable bonds is 9.